The van der Waals surface area contributed by atoms with E-state index >= 15 is 0 Å². The lowest BCUT2D eigenvalue weighted by Crippen LogP contribution is -2.23. The molecule has 6 nitrogen and oxygen atoms in total. The molecule has 0 saturated carbocycles. The molecule has 0 spiro atoms. The van der Waals surface area contributed by atoms with Crippen molar-refractivity contribution in [2.24, 2.45) is 7.05 Å². The van der Waals surface area contributed by atoms with E-state index in [1.54, 1.807) is 6.07 Å². The Labute approximate surface area is 103 Å². The van der Waals surface area contributed by atoms with Crippen molar-refractivity contribution < 1.29 is 9.90 Å². The smallest absolute Gasteiger partial charge is 0.374 e. The van der Waals surface area contributed by atoms with Crippen LogP contribution >= 0.6 is 0 Å². The first-order valence-electron chi connectivity index (χ1n) is 5.39. The van der Waals surface area contributed by atoms with Gasteiger partial charge < -0.3 is 5.11 Å². The maximum Gasteiger partial charge on any atom is 0.374 e. The molecule has 0 aliphatic heterocycles. The molecule has 0 atom stereocenters. The lowest BCUT2D eigenvalue weighted by Gasteiger charge is -2.04. The Bertz CT molecular complexity index is 682. The molecule has 0 amide bonds. The van der Waals surface area contributed by atoms with Crippen LogP contribution in [0.5, 0.6) is 0 Å². The molecule has 1 N–H and O–H groups in total. The van der Waals surface area contributed by atoms with Crippen LogP contribution in [-0.4, -0.2) is 25.4 Å². The second-order valence-electron chi connectivity index (χ2n) is 4.17. The number of carbonyl (C=O) groups is 1. The highest BCUT2D eigenvalue weighted by atomic mass is 16.4. The quantitative estimate of drug-likeness (QED) is 0.854. The van der Waals surface area contributed by atoms with Gasteiger partial charge in [0.1, 0.15) is 0 Å². The molecule has 2 rings (SSSR count). The molecule has 0 aliphatic carbocycles. The summed E-state index contributed by atoms with van der Waals surface area (Å²) < 4.78 is 2.12. The zero-order chi connectivity index (χ0) is 13.4. The highest BCUT2D eigenvalue weighted by Crippen LogP contribution is 2.13. The summed E-state index contributed by atoms with van der Waals surface area (Å²) in [5, 5.41) is 12.8. The van der Waals surface area contributed by atoms with Crippen molar-refractivity contribution in [2.45, 2.75) is 13.8 Å². The average Bonchev–Trinajstić information content (AvgIpc) is 2.57. The number of aromatic carboxylic acids is 1. The van der Waals surface area contributed by atoms with E-state index in [2.05, 4.69) is 5.10 Å². The third-order valence-corrected chi connectivity index (χ3v) is 2.75. The second kappa shape index (κ2) is 4.14. The number of carboxylic acids is 1. The summed E-state index contributed by atoms with van der Waals surface area (Å²) in [5.41, 5.74) is 2.05. The molecule has 0 aliphatic rings. The van der Waals surface area contributed by atoms with Gasteiger partial charge in [-0.05, 0) is 25.5 Å². The summed E-state index contributed by atoms with van der Waals surface area (Å²) in [6.45, 7) is 3.80. The molecule has 0 fully saturated rings. The number of aromatic nitrogens is 3. The van der Waals surface area contributed by atoms with Crippen molar-refractivity contribution in [3.8, 4) is 5.69 Å². The lowest BCUT2D eigenvalue weighted by molar-refractivity contribution is 0.0678. The van der Waals surface area contributed by atoms with Crippen LogP contribution in [0.15, 0.2) is 23.0 Å². The third-order valence-electron chi connectivity index (χ3n) is 2.75. The largest absolute Gasteiger partial charge is 0.475 e. The van der Waals surface area contributed by atoms with Crippen molar-refractivity contribution in [2.75, 3.05) is 0 Å². The zero-order valence-corrected chi connectivity index (χ0v) is 10.3. The number of hydrogen-bond donors (Lipinski definition) is 1. The molecule has 0 bridgehead atoms. The maximum absolute atomic E-state index is 11.9. The molecule has 1 aromatic carbocycles. The van der Waals surface area contributed by atoms with Crippen LogP contribution in [0, 0.1) is 13.8 Å². The standard InChI is InChI=1S/C12H13N3O3/c1-7-4-5-9(8(2)6-7)15-12(18)14(3)10(13-15)11(16)17/h4-6H,1-3H3,(H,16,17). The lowest BCUT2D eigenvalue weighted by atomic mass is 10.1. The van der Waals surface area contributed by atoms with E-state index in [0.29, 0.717) is 5.69 Å². The highest BCUT2D eigenvalue weighted by molar-refractivity contribution is 5.83. The molecule has 0 unspecified atom stereocenters. The number of benzene rings is 1. The van der Waals surface area contributed by atoms with Crippen molar-refractivity contribution in [3.05, 3.63) is 45.6 Å². The van der Waals surface area contributed by atoms with E-state index in [4.69, 9.17) is 5.11 Å². The van der Waals surface area contributed by atoms with Gasteiger partial charge in [0, 0.05) is 7.05 Å². The predicted octanol–water partition coefficient (Wildman–Crippen LogP) is 0.886. The normalized spacial score (nSPS) is 10.6. The van der Waals surface area contributed by atoms with E-state index in [0.717, 1.165) is 20.4 Å². The van der Waals surface area contributed by atoms with E-state index in [9.17, 15) is 9.59 Å². The molecule has 6 heteroatoms. The van der Waals surface area contributed by atoms with Crippen molar-refractivity contribution in [1.82, 2.24) is 14.3 Å². The first kappa shape index (κ1) is 12.1. The van der Waals surface area contributed by atoms with Gasteiger partial charge in [-0.2, -0.15) is 4.68 Å². The Morgan fingerprint density at radius 3 is 2.50 bits per heavy atom. The predicted molar refractivity (Wildman–Crippen MR) is 65.2 cm³/mol. The fraction of sp³-hybridized carbons (Fsp3) is 0.250. The Morgan fingerprint density at radius 1 is 1.33 bits per heavy atom. The number of hydrogen-bond acceptors (Lipinski definition) is 3. The van der Waals surface area contributed by atoms with E-state index in [-0.39, 0.29) is 5.82 Å². The molecular formula is C12H13N3O3. The summed E-state index contributed by atoms with van der Waals surface area (Å²) >= 11 is 0. The average molecular weight is 247 g/mol. The van der Waals surface area contributed by atoms with Crippen LogP contribution in [0.2, 0.25) is 0 Å². The van der Waals surface area contributed by atoms with Crippen LogP contribution in [0.1, 0.15) is 21.7 Å². The van der Waals surface area contributed by atoms with Crippen LogP contribution in [0.4, 0.5) is 0 Å². The number of nitrogens with zero attached hydrogens (tertiary/aromatic N) is 3. The van der Waals surface area contributed by atoms with Crippen molar-refractivity contribution in [3.63, 3.8) is 0 Å². The van der Waals surface area contributed by atoms with Crippen LogP contribution in [0.3, 0.4) is 0 Å². The van der Waals surface area contributed by atoms with Gasteiger partial charge in [0.05, 0.1) is 5.69 Å². The van der Waals surface area contributed by atoms with Gasteiger partial charge in [0.25, 0.3) is 0 Å². The Kier molecular flexibility index (Phi) is 2.78. The van der Waals surface area contributed by atoms with Gasteiger partial charge in [0.2, 0.25) is 5.82 Å². The third kappa shape index (κ3) is 1.81. The molecule has 0 saturated heterocycles. The van der Waals surface area contributed by atoms with Crippen LogP contribution in [-0.2, 0) is 7.05 Å². The molecule has 0 radical (unpaired) electrons. The molecular weight excluding hydrogens is 234 g/mol. The summed E-state index contributed by atoms with van der Waals surface area (Å²) in [4.78, 5) is 22.9. The minimum Gasteiger partial charge on any atom is -0.475 e. The molecule has 1 aromatic heterocycles. The van der Waals surface area contributed by atoms with Crippen LogP contribution in [0.25, 0.3) is 5.69 Å². The minimum atomic E-state index is -1.22. The van der Waals surface area contributed by atoms with Gasteiger partial charge in [-0.1, -0.05) is 17.7 Å². The van der Waals surface area contributed by atoms with E-state index in [1.165, 1.54) is 7.05 Å². The van der Waals surface area contributed by atoms with Gasteiger partial charge in [0.15, 0.2) is 0 Å². The summed E-state index contributed by atoms with van der Waals surface area (Å²) in [5.74, 6) is -1.50. The zero-order valence-electron chi connectivity index (χ0n) is 10.3. The van der Waals surface area contributed by atoms with Gasteiger partial charge >= 0.3 is 11.7 Å². The van der Waals surface area contributed by atoms with Gasteiger partial charge in [-0.3, -0.25) is 4.57 Å². The number of aryl methyl sites for hydroxylation is 2. The fourth-order valence-electron chi connectivity index (χ4n) is 1.82. The first-order valence-corrected chi connectivity index (χ1v) is 5.39. The van der Waals surface area contributed by atoms with Crippen molar-refractivity contribution >= 4 is 5.97 Å². The Balaban J connectivity index is 2.69. The van der Waals surface area contributed by atoms with Gasteiger partial charge in [-0.15, -0.1) is 5.10 Å². The number of carboxylic acid groups (broad SMARTS) is 1. The fourth-order valence-corrected chi connectivity index (χ4v) is 1.82. The molecule has 2 aromatic rings. The Morgan fingerprint density at radius 2 is 2.00 bits per heavy atom. The molecule has 18 heavy (non-hydrogen) atoms. The van der Waals surface area contributed by atoms with Crippen LogP contribution < -0.4 is 5.69 Å². The topological polar surface area (TPSA) is 77.1 Å². The highest BCUT2D eigenvalue weighted by Gasteiger charge is 2.17. The second-order valence-corrected chi connectivity index (χ2v) is 4.17. The molecule has 1 heterocycles. The van der Waals surface area contributed by atoms with E-state index < -0.39 is 11.7 Å². The summed E-state index contributed by atoms with van der Waals surface area (Å²) in [7, 11) is 1.39. The summed E-state index contributed by atoms with van der Waals surface area (Å²) in [6.07, 6.45) is 0. The van der Waals surface area contributed by atoms with Gasteiger partial charge in [-0.25, -0.2) is 9.59 Å². The minimum absolute atomic E-state index is 0.278. The maximum atomic E-state index is 11.9. The summed E-state index contributed by atoms with van der Waals surface area (Å²) in [6, 6.07) is 5.52. The van der Waals surface area contributed by atoms with E-state index in [1.807, 2.05) is 26.0 Å². The first-order chi connectivity index (χ1) is 8.41. The van der Waals surface area contributed by atoms with Crippen molar-refractivity contribution in [1.29, 1.82) is 0 Å². The molecule has 94 valence electrons. The monoisotopic (exact) mass is 247 g/mol. The Hall–Kier alpha value is -2.37. The number of rotatable bonds is 2. The SMILES string of the molecule is Cc1ccc(-n2nc(C(=O)O)n(C)c2=O)c(C)c1.